The van der Waals surface area contributed by atoms with Crippen LogP contribution in [-0.2, 0) is 4.79 Å². The lowest BCUT2D eigenvalue weighted by Gasteiger charge is -2.15. The molecule has 0 aromatic heterocycles. The van der Waals surface area contributed by atoms with Crippen molar-refractivity contribution >= 4 is 5.91 Å². The number of aliphatic hydroxyl groups is 1. The smallest absolute Gasteiger partial charge is 0.220 e. The first-order valence-electron chi connectivity index (χ1n) is 6.12. The molecule has 1 aliphatic carbocycles. The highest BCUT2D eigenvalue weighted by Gasteiger charge is 2.18. The number of amides is 1. The molecule has 2 N–H and O–H groups in total. The van der Waals surface area contributed by atoms with Gasteiger partial charge in [-0.05, 0) is 38.5 Å². The Morgan fingerprint density at radius 2 is 2.13 bits per heavy atom. The average molecular weight is 213 g/mol. The monoisotopic (exact) mass is 213 g/mol. The van der Waals surface area contributed by atoms with Gasteiger partial charge < -0.3 is 10.4 Å². The Balaban J connectivity index is 2.11. The van der Waals surface area contributed by atoms with Gasteiger partial charge in [-0.25, -0.2) is 0 Å². The molecule has 0 heterocycles. The summed E-state index contributed by atoms with van der Waals surface area (Å²) in [5.41, 5.74) is 0. The van der Waals surface area contributed by atoms with Gasteiger partial charge in [0.2, 0.25) is 5.91 Å². The van der Waals surface area contributed by atoms with Gasteiger partial charge in [0.15, 0.2) is 0 Å². The minimum atomic E-state index is 0.187. The van der Waals surface area contributed by atoms with E-state index < -0.39 is 0 Å². The van der Waals surface area contributed by atoms with Gasteiger partial charge in [0.25, 0.3) is 0 Å². The fourth-order valence-electron chi connectivity index (χ4n) is 2.28. The maximum absolute atomic E-state index is 11.6. The third-order valence-corrected chi connectivity index (χ3v) is 3.15. The zero-order valence-corrected chi connectivity index (χ0v) is 9.67. The molecule has 1 aliphatic rings. The lowest BCUT2D eigenvalue weighted by molar-refractivity contribution is -0.122. The fourth-order valence-corrected chi connectivity index (χ4v) is 2.28. The van der Waals surface area contributed by atoms with Gasteiger partial charge in [-0.3, -0.25) is 4.79 Å². The lowest BCUT2D eigenvalue weighted by Crippen LogP contribution is -2.33. The SMILES string of the molecule is CC(CCCO)NC(=O)CC1CCCC1. The van der Waals surface area contributed by atoms with Crippen LogP contribution in [0, 0.1) is 5.92 Å². The van der Waals surface area contributed by atoms with Gasteiger partial charge in [0.05, 0.1) is 0 Å². The molecule has 0 aliphatic heterocycles. The molecule has 0 saturated heterocycles. The Labute approximate surface area is 92.3 Å². The first kappa shape index (κ1) is 12.5. The van der Waals surface area contributed by atoms with Gasteiger partial charge in [-0.1, -0.05) is 12.8 Å². The minimum absolute atomic E-state index is 0.187. The summed E-state index contributed by atoms with van der Waals surface area (Å²) in [6.45, 7) is 2.21. The normalized spacial score (nSPS) is 19.1. The molecule has 0 aromatic rings. The van der Waals surface area contributed by atoms with Crippen molar-refractivity contribution < 1.29 is 9.90 Å². The lowest BCUT2D eigenvalue weighted by atomic mass is 10.0. The fraction of sp³-hybridized carbons (Fsp3) is 0.917. The highest BCUT2D eigenvalue weighted by atomic mass is 16.2. The zero-order valence-electron chi connectivity index (χ0n) is 9.67. The highest BCUT2D eigenvalue weighted by molar-refractivity contribution is 5.76. The summed E-state index contributed by atoms with van der Waals surface area (Å²) in [6, 6.07) is 0.200. The predicted octanol–water partition coefficient (Wildman–Crippen LogP) is 1.84. The molecule has 3 heteroatoms. The van der Waals surface area contributed by atoms with Crippen molar-refractivity contribution in [3.8, 4) is 0 Å². The van der Waals surface area contributed by atoms with Crippen LogP contribution in [0.2, 0.25) is 0 Å². The van der Waals surface area contributed by atoms with Crippen molar-refractivity contribution in [2.75, 3.05) is 6.61 Å². The van der Waals surface area contributed by atoms with Crippen LogP contribution in [0.3, 0.4) is 0 Å². The topological polar surface area (TPSA) is 49.3 Å². The molecule has 1 unspecified atom stereocenters. The second kappa shape index (κ2) is 6.83. The maximum atomic E-state index is 11.6. The zero-order chi connectivity index (χ0) is 11.1. The van der Waals surface area contributed by atoms with E-state index in [9.17, 15) is 4.79 Å². The molecule has 1 atom stereocenters. The van der Waals surface area contributed by atoms with Crippen molar-refractivity contribution in [1.82, 2.24) is 5.32 Å². The molecule has 1 fully saturated rings. The molecular weight excluding hydrogens is 190 g/mol. The maximum Gasteiger partial charge on any atom is 0.220 e. The predicted molar refractivity (Wildman–Crippen MR) is 60.5 cm³/mol. The van der Waals surface area contributed by atoms with E-state index in [1.165, 1.54) is 25.7 Å². The largest absolute Gasteiger partial charge is 0.396 e. The number of hydrogen-bond acceptors (Lipinski definition) is 2. The van der Waals surface area contributed by atoms with Crippen molar-refractivity contribution in [3.05, 3.63) is 0 Å². The first-order chi connectivity index (χ1) is 7.22. The van der Waals surface area contributed by atoms with E-state index in [-0.39, 0.29) is 18.6 Å². The van der Waals surface area contributed by atoms with Crippen molar-refractivity contribution in [2.24, 2.45) is 5.92 Å². The number of carbonyl (C=O) groups excluding carboxylic acids is 1. The summed E-state index contributed by atoms with van der Waals surface area (Å²) < 4.78 is 0. The Morgan fingerprint density at radius 3 is 2.73 bits per heavy atom. The standard InChI is InChI=1S/C12H23NO2/c1-10(5-4-8-14)13-12(15)9-11-6-2-3-7-11/h10-11,14H,2-9H2,1H3,(H,13,15). The van der Waals surface area contributed by atoms with Gasteiger partial charge >= 0.3 is 0 Å². The summed E-state index contributed by atoms with van der Waals surface area (Å²) in [4.78, 5) is 11.6. The van der Waals surface area contributed by atoms with Crippen molar-refractivity contribution in [3.63, 3.8) is 0 Å². The highest BCUT2D eigenvalue weighted by Crippen LogP contribution is 2.27. The molecule has 0 bridgehead atoms. The van der Waals surface area contributed by atoms with Crippen LogP contribution in [0.5, 0.6) is 0 Å². The van der Waals surface area contributed by atoms with Crippen LogP contribution in [0.15, 0.2) is 0 Å². The Kier molecular flexibility index (Phi) is 5.69. The van der Waals surface area contributed by atoms with E-state index in [4.69, 9.17) is 5.11 Å². The van der Waals surface area contributed by atoms with Crippen LogP contribution in [0.25, 0.3) is 0 Å². The molecule has 0 spiro atoms. The van der Waals surface area contributed by atoms with E-state index in [1.807, 2.05) is 6.92 Å². The minimum Gasteiger partial charge on any atom is -0.396 e. The molecule has 1 saturated carbocycles. The molecule has 1 amide bonds. The van der Waals surface area contributed by atoms with Gasteiger partial charge in [-0.2, -0.15) is 0 Å². The molecule has 1 rings (SSSR count). The van der Waals surface area contributed by atoms with E-state index >= 15 is 0 Å². The quantitative estimate of drug-likeness (QED) is 0.707. The average Bonchev–Trinajstić information content (AvgIpc) is 2.67. The van der Waals surface area contributed by atoms with Crippen molar-refractivity contribution in [1.29, 1.82) is 0 Å². The van der Waals surface area contributed by atoms with E-state index in [1.54, 1.807) is 0 Å². The third-order valence-electron chi connectivity index (χ3n) is 3.15. The van der Waals surface area contributed by atoms with Crippen LogP contribution < -0.4 is 5.32 Å². The third kappa shape index (κ3) is 5.17. The number of carbonyl (C=O) groups is 1. The van der Waals surface area contributed by atoms with E-state index in [0.29, 0.717) is 12.3 Å². The molecule has 88 valence electrons. The molecule has 0 aromatic carbocycles. The van der Waals surface area contributed by atoms with E-state index in [0.717, 1.165) is 12.8 Å². The summed E-state index contributed by atoms with van der Waals surface area (Å²) >= 11 is 0. The van der Waals surface area contributed by atoms with Crippen LogP contribution in [0.4, 0.5) is 0 Å². The Hall–Kier alpha value is -0.570. The number of hydrogen-bond donors (Lipinski definition) is 2. The van der Waals surface area contributed by atoms with Crippen LogP contribution in [-0.4, -0.2) is 23.7 Å². The van der Waals surface area contributed by atoms with Crippen molar-refractivity contribution in [2.45, 2.75) is 57.9 Å². The molecule has 3 nitrogen and oxygen atoms in total. The van der Waals surface area contributed by atoms with Gasteiger partial charge in [-0.15, -0.1) is 0 Å². The second-order valence-electron chi connectivity index (χ2n) is 4.69. The Morgan fingerprint density at radius 1 is 1.47 bits per heavy atom. The molecule has 15 heavy (non-hydrogen) atoms. The summed E-state index contributed by atoms with van der Waals surface area (Å²) in [7, 11) is 0. The number of aliphatic hydroxyl groups excluding tert-OH is 1. The Bertz CT molecular complexity index is 188. The first-order valence-corrected chi connectivity index (χ1v) is 6.12. The van der Waals surface area contributed by atoms with Crippen LogP contribution in [0.1, 0.15) is 51.9 Å². The van der Waals surface area contributed by atoms with E-state index in [2.05, 4.69) is 5.32 Å². The molecule has 0 radical (unpaired) electrons. The summed E-state index contributed by atoms with van der Waals surface area (Å²) in [5.74, 6) is 0.808. The summed E-state index contributed by atoms with van der Waals surface area (Å²) in [5, 5.41) is 11.7. The second-order valence-corrected chi connectivity index (χ2v) is 4.69. The number of nitrogens with one attached hydrogen (secondary N) is 1. The van der Waals surface area contributed by atoms with Gasteiger partial charge in [0.1, 0.15) is 0 Å². The van der Waals surface area contributed by atoms with Crippen LogP contribution >= 0.6 is 0 Å². The summed E-state index contributed by atoms with van der Waals surface area (Å²) in [6.07, 6.45) is 7.36. The number of rotatable bonds is 6. The molecular formula is C12H23NO2. The van der Waals surface area contributed by atoms with Gasteiger partial charge in [0, 0.05) is 19.1 Å².